The molecule has 12 heavy (non-hydrogen) atoms. The summed E-state index contributed by atoms with van der Waals surface area (Å²) in [6, 6.07) is 0. The van der Waals surface area contributed by atoms with Crippen LogP contribution >= 0.6 is 0 Å². The Labute approximate surface area is 77.7 Å². The third kappa shape index (κ3) is 3.16. The predicted octanol–water partition coefficient (Wildman–Crippen LogP) is 4.39. The Kier molecular flexibility index (Phi) is 4.72. The second kappa shape index (κ2) is 5.61. The van der Waals surface area contributed by atoms with Crippen LogP contribution in [0.4, 0.5) is 0 Å². The molecule has 1 fully saturated rings. The Morgan fingerprint density at radius 3 is 2.33 bits per heavy atom. The third-order valence-electron chi connectivity index (χ3n) is 3.44. The van der Waals surface area contributed by atoms with Gasteiger partial charge in [-0.15, -0.1) is 0 Å². The highest BCUT2D eigenvalue weighted by atomic mass is 14.3. The SMILES string of the molecule is CCCCCC1CCC(CC)C1. The van der Waals surface area contributed by atoms with Crippen LogP contribution in [0.15, 0.2) is 0 Å². The molecule has 0 aromatic rings. The fraction of sp³-hybridized carbons (Fsp3) is 1.00. The second-order valence-corrected chi connectivity index (χ2v) is 4.45. The predicted molar refractivity (Wildman–Crippen MR) is 55.3 cm³/mol. The van der Waals surface area contributed by atoms with E-state index in [1.54, 1.807) is 6.42 Å². The molecule has 0 bridgehead atoms. The summed E-state index contributed by atoms with van der Waals surface area (Å²) in [5.41, 5.74) is 0. The van der Waals surface area contributed by atoms with Crippen molar-refractivity contribution in [2.24, 2.45) is 11.8 Å². The molecule has 2 atom stereocenters. The zero-order valence-electron chi connectivity index (χ0n) is 8.81. The summed E-state index contributed by atoms with van der Waals surface area (Å²) in [6.07, 6.45) is 11.8. The molecule has 0 amide bonds. The zero-order chi connectivity index (χ0) is 8.81. The Morgan fingerprint density at radius 2 is 1.75 bits per heavy atom. The van der Waals surface area contributed by atoms with E-state index in [-0.39, 0.29) is 0 Å². The minimum Gasteiger partial charge on any atom is -0.0654 e. The molecule has 72 valence electrons. The summed E-state index contributed by atoms with van der Waals surface area (Å²) in [6.45, 7) is 4.64. The summed E-state index contributed by atoms with van der Waals surface area (Å²) >= 11 is 0. The van der Waals surface area contributed by atoms with Gasteiger partial charge < -0.3 is 0 Å². The van der Waals surface area contributed by atoms with Gasteiger partial charge in [0.05, 0.1) is 0 Å². The van der Waals surface area contributed by atoms with E-state index in [4.69, 9.17) is 0 Å². The molecule has 0 radical (unpaired) electrons. The zero-order valence-corrected chi connectivity index (χ0v) is 8.81. The van der Waals surface area contributed by atoms with Crippen molar-refractivity contribution in [3.63, 3.8) is 0 Å². The van der Waals surface area contributed by atoms with Crippen LogP contribution in [-0.4, -0.2) is 0 Å². The van der Waals surface area contributed by atoms with Gasteiger partial charge in [0, 0.05) is 0 Å². The lowest BCUT2D eigenvalue weighted by Gasteiger charge is -2.08. The lowest BCUT2D eigenvalue weighted by Crippen LogP contribution is -1.95. The first kappa shape index (κ1) is 10.1. The molecule has 0 heterocycles. The summed E-state index contributed by atoms with van der Waals surface area (Å²) in [5.74, 6) is 2.18. The standard InChI is InChI=1S/C12H24/c1-3-5-6-7-12-9-8-11(4-2)10-12/h11-12H,3-10H2,1-2H3. The van der Waals surface area contributed by atoms with E-state index in [0.717, 1.165) is 11.8 Å². The van der Waals surface area contributed by atoms with Crippen LogP contribution in [-0.2, 0) is 0 Å². The summed E-state index contributed by atoms with van der Waals surface area (Å²) in [4.78, 5) is 0. The average Bonchev–Trinajstić information content (AvgIpc) is 2.53. The Morgan fingerprint density at radius 1 is 1.00 bits per heavy atom. The molecule has 0 N–H and O–H groups in total. The van der Waals surface area contributed by atoms with Crippen molar-refractivity contribution in [3.05, 3.63) is 0 Å². The first-order valence-electron chi connectivity index (χ1n) is 5.86. The van der Waals surface area contributed by atoms with Crippen molar-refractivity contribution in [3.8, 4) is 0 Å². The van der Waals surface area contributed by atoms with Gasteiger partial charge in [0.2, 0.25) is 0 Å². The molecular weight excluding hydrogens is 144 g/mol. The number of hydrogen-bond acceptors (Lipinski definition) is 0. The minimum atomic E-state index is 1.08. The lowest BCUT2D eigenvalue weighted by atomic mass is 9.97. The quantitative estimate of drug-likeness (QED) is 0.534. The van der Waals surface area contributed by atoms with Crippen LogP contribution in [0.5, 0.6) is 0 Å². The molecule has 0 heteroatoms. The first-order valence-corrected chi connectivity index (χ1v) is 5.86. The van der Waals surface area contributed by atoms with Gasteiger partial charge >= 0.3 is 0 Å². The number of rotatable bonds is 5. The van der Waals surface area contributed by atoms with Crippen LogP contribution < -0.4 is 0 Å². The van der Waals surface area contributed by atoms with E-state index in [1.165, 1.54) is 44.9 Å². The second-order valence-electron chi connectivity index (χ2n) is 4.45. The van der Waals surface area contributed by atoms with Crippen LogP contribution in [0.3, 0.4) is 0 Å². The molecule has 0 aliphatic heterocycles. The molecule has 1 aliphatic carbocycles. The van der Waals surface area contributed by atoms with E-state index >= 15 is 0 Å². The highest BCUT2D eigenvalue weighted by Crippen LogP contribution is 2.35. The Balaban J connectivity index is 2.03. The van der Waals surface area contributed by atoms with Crippen molar-refractivity contribution in [2.75, 3.05) is 0 Å². The molecule has 1 aliphatic rings. The maximum atomic E-state index is 2.35. The van der Waals surface area contributed by atoms with E-state index in [9.17, 15) is 0 Å². The third-order valence-corrected chi connectivity index (χ3v) is 3.44. The van der Waals surface area contributed by atoms with Gasteiger partial charge in [-0.1, -0.05) is 58.8 Å². The van der Waals surface area contributed by atoms with Gasteiger partial charge in [-0.25, -0.2) is 0 Å². The van der Waals surface area contributed by atoms with Gasteiger partial charge in [0.25, 0.3) is 0 Å². The van der Waals surface area contributed by atoms with Crippen molar-refractivity contribution in [2.45, 2.75) is 65.2 Å². The van der Waals surface area contributed by atoms with Crippen molar-refractivity contribution in [1.82, 2.24) is 0 Å². The van der Waals surface area contributed by atoms with E-state index in [2.05, 4.69) is 13.8 Å². The largest absolute Gasteiger partial charge is 0.0654 e. The molecule has 2 unspecified atom stereocenters. The molecule has 1 rings (SSSR count). The molecule has 0 spiro atoms. The summed E-state index contributed by atoms with van der Waals surface area (Å²) in [7, 11) is 0. The number of hydrogen-bond donors (Lipinski definition) is 0. The fourth-order valence-electron chi connectivity index (χ4n) is 2.49. The van der Waals surface area contributed by atoms with Crippen molar-refractivity contribution < 1.29 is 0 Å². The monoisotopic (exact) mass is 168 g/mol. The fourth-order valence-corrected chi connectivity index (χ4v) is 2.49. The van der Waals surface area contributed by atoms with Gasteiger partial charge in [0.1, 0.15) is 0 Å². The van der Waals surface area contributed by atoms with Gasteiger partial charge in [0.15, 0.2) is 0 Å². The number of unbranched alkanes of at least 4 members (excludes halogenated alkanes) is 2. The van der Waals surface area contributed by atoms with Crippen LogP contribution in [0, 0.1) is 11.8 Å². The average molecular weight is 168 g/mol. The van der Waals surface area contributed by atoms with Crippen LogP contribution in [0.1, 0.15) is 65.2 Å². The molecule has 0 saturated heterocycles. The lowest BCUT2D eigenvalue weighted by molar-refractivity contribution is 0.439. The molecule has 0 aromatic carbocycles. The molecule has 0 nitrogen and oxygen atoms in total. The Bertz CT molecular complexity index is 107. The maximum absolute atomic E-state index is 2.35. The van der Waals surface area contributed by atoms with Crippen LogP contribution in [0.2, 0.25) is 0 Å². The molecular formula is C12H24. The highest BCUT2D eigenvalue weighted by Gasteiger charge is 2.22. The van der Waals surface area contributed by atoms with Crippen LogP contribution in [0.25, 0.3) is 0 Å². The van der Waals surface area contributed by atoms with Gasteiger partial charge in [-0.2, -0.15) is 0 Å². The van der Waals surface area contributed by atoms with Gasteiger partial charge in [-0.3, -0.25) is 0 Å². The smallest absolute Gasteiger partial charge is 0.0412 e. The van der Waals surface area contributed by atoms with Crippen molar-refractivity contribution in [1.29, 1.82) is 0 Å². The highest BCUT2D eigenvalue weighted by molar-refractivity contribution is 4.74. The maximum Gasteiger partial charge on any atom is -0.0412 e. The summed E-state index contributed by atoms with van der Waals surface area (Å²) in [5, 5.41) is 0. The Hall–Kier alpha value is 0. The minimum absolute atomic E-state index is 1.08. The van der Waals surface area contributed by atoms with E-state index in [1.807, 2.05) is 0 Å². The van der Waals surface area contributed by atoms with Crippen molar-refractivity contribution >= 4 is 0 Å². The van der Waals surface area contributed by atoms with E-state index in [0.29, 0.717) is 0 Å². The van der Waals surface area contributed by atoms with E-state index < -0.39 is 0 Å². The topological polar surface area (TPSA) is 0 Å². The molecule has 0 aromatic heterocycles. The molecule has 1 saturated carbocycles. The summed E-state index contributed by atoms with van der Waals surface area (Å²) < 4.78 is 0. The van der Waals surface area contributed by atoms with Gasteiger partial charge in [-0.05, 0) is 18.3 Å². The normalized spacial score (nSPS) is 29.5. The first-order chi connectivity index (χ1) is 5.86.